The van der Waals surface area contributed by atoms with E-state index in [0.29, 0.717) is 22.1 Å². The fraction of sp³-hybridized carbons (Fsp3) is 0.100. The minimum absolute atomic E-state index is 0.00293. The van der Waals surface area contributed by atoms with E-state index in [4.69, 9.17) is 23.8 Å². The molecule has 31 heavy (non-hydrogen) atoms. The summed E-state index contributed by atoms with van der Waals surface area (Å²) < 4.78 is 27.5. The Balaban J connectivity index is 1.66. The molecule has 3 N–H and O–H groups in total. The van der Waals surface area contributed by atoms with Crippen molar-refractivity contribution in [3.63, 3.8) is 0 Å². The number of carbonyl (C=O) groups is 1. The van der Waals surface area contributed by atoms with Crippen LogP contribution in [0.2, 0.25) is 5.02 Å². The molecule has 3 aromatic rings. The van der Waals surface area contributed by atoms with Crippen molar-refractivity contribution in [2.75, 3.05) is 10.0 Å². The molecule has 0 aliphatic carbocycles. The number of anilines is 2. The Labute approximate surface area is 190 Å². The van der Waals surface area contributed by atoms with Gasteiger partial charge in [0.05, 0.1) is 15.5 Å². The molecule has 0 radical (unpaired) electrons. The Kier molecular flexibility index (Phi) is 6.84. The molecule has 0 saturated heterocycles. The molecule has 8 nitrogen and oxygen atoms in total. The highest BCUT2D eigenvalue weighted by Gasteiger charge is 2.16. The minimum Gasteiger partial charge on any atom is -0.332 e. The van der Waals surface area contributed by atoms with Crippen molar-refractivity contribution in [3.8, 4) is 0 Å². The molecular formula is C20H18ClN5O3S2. The van der Waals surface area contributed by atoms with Crippen LogP contribution < -0.4 is 15.4 Å². The van der Waals surface area contributed by atoms with Gasteiger partial charge in [-0.05, 0) is 68.5 Å². The highest BCUT2D eigenvalue weighted by molar-refractivity contribution is 7.92. The largest absolute Gasteiger partial charge is 0.332 e. The van der Waals surface area contributed by atoms with Gasteiger partial charge in [-0.25, -0.2) is 23.1 Å². The smallest absolute Gasteiger partial charge is 0.264 e. The lowest BCUT2D eigenvalue weighted by molar-refractivity contribution is 0.0978. The Bertz CT molecular complexity index is 1230. The fourth-order valence-corrected chi connectivity index (χ4v) is 4.02. The lowest BCUT2D eigenvalue weighted by Gasteiger charge is -2.11. The van der Waals surface area contributed by atoms with E-state index in [9.17, 15) is 13.2 Å². The second-order valence-electron chi connectivity index (χ2n) is 6.49. The molecule has 0 aliphatic heterocycles. The fourth-order valence-electron chi connectivity index (χ4n) is 2.65. The molecule has 3 rings (SSSR count). The van der Waals surface area contributed by atoms with E-state index in [-0.39, 0.29) is 21.5 Å². The number of nitrogens with zero attached hydrogens (tertiary/aromatic N) is 2. The number of hydrogen-bond acceptors (Lipinski definition) is 6. The summed E-state index contributed by atoms with van der Waals surface area (Å²) in [5, 5.41) is 5.69. The third-order valence-electron chi connectivity index (χ3n) is 3.98. The minimum atomic E-state index is -3.87. The summed E-state index contributed by atoms with van der Waals surface area (Å²) >= 11 is 11.1. The quantitative estimate of drug-likeness (QED) is 0.482. The second kappa shape index (κ2) is 9.38. The van der Waals surface area contributed by atoms with Crippen LogP contribution in [0, 0.1) is 13.8 Å². The predicted octanol–water partition coefficient (Wildman–Crippen LogP) is 3.67. The van der Waals surface area contributed by atoms with Crippen molar-refractivity contribution in [1.29, 1.82) is 0 Å². The summed E-state index contributed by atoms with van der Waals surface area (Å²) in [5.41, 5.74) is 2.08. The van der Waals surface area contributed by atoms with Gasteiger partial charge in [-0.3, -0.25) is 10.1 Å². The standard InChI is InChI=1S/C20H18ClN5O3S2/c1-12-11-13(2)23-19(22-12)26-31(28,29)15-9-7-14(8-10-15)24-20(30)25-18(27)16-5-3-4-6-17(16)21/h3-11H,1-2H3,(H,22,23,26)(H2,24,25,27,30). The van der Waals surface area contributed by atoms with Crippen LogP contribution in [0.4, 0.5) is 11.6 Å². The van der Waals surface area contributed by atoms with Crippen LogP contribution in [0.25, 0.3) is 0 Å². The van der Waals surface area contributed by atoms with Crippen LogP contribution in [0.15, 0.2) is 59.5 Å². The number of thiocarbonyl (C=S) groups is 1. The summed E-state index contributed by atoms with van der Waals surface area (Å²) in [6.45, 7) is 3.50. The van der Waals surface area contributed by atoms with Crippen molar-refractivity contribution < 1.29 is 13.2 Å². The Morgan fingerprint density at radius 1 is 1.00 bits per heavy atom. The number of benzene rings is 2. The first-order valence-electron chi connectivity index (χ1n) is 8.96. The van der Waals surface area contributed by atoms with Gasteiger partial charge in [-0.1, -0.05) is 23.7 Å². The van der Waals surface area contributed by atoms with E-state index in [0.717, 1.165) is 0 Å². The molecule has 0 saturated carbocycles. The van der Waals surface area contributed by atoms with E-state index in [1.165, 1.54) is 24.3 Å². The number of rotatable bonds is 5. The van der Waals surface area contributed by atoms with Crippen molar-refractivity contribution in [1.82, 2.24) is 15.3 Å². The van der Waals surface area contributed by atoms with Gasteiger partial charge in [0.1, 0.15) is 0 Å². The lowest BCUT2D eigenvalue weighted by atomic mass is 10.2. The topological polar surface area (TPSA) is 113 Å². The molecular weight excluding hydrogens is 458 g/mol. The Morgan fingerprint density at radius 2 is 1.61 bits per heavy atom. The molecule has 2 aromatic carbocycles. The van der Waals surface area contributed by atoms with Crippen molar-refractivity contribution >= 4 is 56.5 Å². The number of sulfonamides is 1. The van der Waals surface area contributed by atoms with Crippen LogP contribution in [-0.4, -0.2) is 29.4 Å². The van der Waals surface area contributed by atoms with E-state index in [2.05, 4.69) is 25.3 Å². The van der Waals surface area contributed by atoms with Gasteiger partial charge in [0.15, 0.2) is 5.11 Å². The van der Waals surface area contributed by atoms with Crippen molar-refractivity contribution in [2.45, 2.75) is 18.7 Å². The number of amides is 1. The number of halogens is 1. The molecule has 1 aromatic heterocycles. The van der Waals surface area contributed by atoms with Crippen LogP contribution in [0.5, 0.6) is 0 Å². The van der Waals surface area contributed by atoms with Gasteiger partial charge in [0.25, 0.3) is 15.9 Å². The summed E-state index contributed by atoms with van der Waals surface area (Å²) in [6.07, 6.45) is 0. The highest BCUT2D eigenvalue weighted by Crippen LogP contribution is 2.18. The number of aryl methyl sites for hydroxylation is 2. The SMILES string of the molecule is Cc1cc(C)nc(NS(=O)(=O)c2ccc(NC(=S)NC(=O)c3ccccc3Cl)cc2)n1. The average molecular weight is 476 g/mol. The summed E-state index contributed by atoms with van der Waals surface area (Å²) in [7, 11) is -3.87. The van der Waals surface area contributed by atoms with Gasteiger partial charge >= 0.3 is 0 Å². The highest BCUT2D eigenvalue weighted by atomic mass is 35.5. The van der Waals surface area contributed by atoms with Crippen LogP contribution in [-0.2, 0) is 10.0 Å². The van der Waals surface area contributed by atoms with Crippen LogP contribution in [0.3, 0.4) is 0 Å². The van der Waals surface area contributed by atoms with Crippen molar-refractivity contribution in [3.05, 3.63) is 76.6 Å². The van der Waals surface area contributed by atoms with E-state index in [1.807, 2.05) is 0 Å². The summed E-state index contributed by atoms with van der Waals surface area (Å²) in [5.74, 6) is -0.455. The first kappa shape index (κ1) is 22.6. The molecule has 11 heteroatoms. The molecule has 1 amide bonds. The third-order valence-corrected chi connectivity index (χ3v) is 5.85. The normalized spacial score (nSPS) is 10.9. The molecule has 0 fully saturated rings. The van der Waals surface area contributed by atoms with Gasteiger partial charge in [-0.2, -0.15) is 0 Å². The van der Waals surface area contributed by atoms with E-state index >= 15 is 0 Å². The summed E-state index contributed by atoms with van der Waals surface area (Å²) in [4.78, 5) is 20.4. The molecule has 1 heterocycles. The summed E-state index contributed by atoms with van der Waals surface area (Å²) in [6, 6.07) is 14.1. The van der Waals surface area contributed by atoms with Crippen LogP contribution >= 0.6 is 23.8 Å². The molecule has 0 unspecified atom stereocenters. The molecule has 0 aliphatic rings. The molecule has 160 valence electrons. The number of hydrogen-bond donors (Lipinski definition) is 3. The molecule has 0 atom stereocenters. The Hall–Kier alpha value is -3.08. The van der Waals surface area contributed by atoms with Crippen LogP contribution in [0.1, 0.15) is 21.7 Å². The van der Waals surface area contributed by atoms with Gasteiger partial charge < -0.3 is 5.32 Å². The zero-order chi connectivity index (χ0) is 22.6. The zero-order valence-corrected chi connectivity index (χ0v) is 18.9. The predicted molar refractivity (Wildman–Crippen MR) is 124 cm³/mol. The maximum Gasteiger partial charge on any atom is 0.264 e. The van der Waals surface area contributed by atoms with Gasteiger partial charge in [0.2, 0.25) is 5.95 Å². The molecule has 0 spiro atoms. The number of nitrogens with one attached hydrogen (secondary N) is 3. The lowest BCUT2D eigenvalue weighted by Crippen LogP contribution is -2.34. The monoisotopic (exact) mass is 475 g/mol. The number of carbonyl (C=O) groups excluding carboxylic acids is 1. The second-order valence-corrected chi connectivity index (χ2v) is 8.99. The third kappa shape index (κ3) is 5.97. The average Bonchev–Trinajstić information content (AvgIpc) is 2.67. The van der Waals surface area contributed by atoms with Crippen molar-refractivity contribution in [2.24, 2.45) is 0 Å². The van der Waals surface area contributed by atoms with Gasteiger partial charge in [0, 0.05) is 17.1 Å². The molecule has 0 bridgehead atoms. The Morgan fingerprint density at radius 3 is 2.23 bits per heavy atom. The van der Waals surface area contributed by atoms with Gasteiger partial charge in [-0.15, -0.1) is 0 Å². The maximum atomic E-state index is 12.6. The maximum absolute atomic E-state index is 12.6. The zero-order valence-electron chi connectivity index (χ0n) is 16.5. The van der Waals surface area contributed by atoms with E-state index in [1.54, 1.807) is 44.2 Å². The first-order chi connectivity index (χ1) is 14.6. The number of aromatic nitrogens is 2. The first-order valence-corrected chi connectivity index (χ1v) is 11.2. The van der Waals surface area contributed by atoms with E-state index < -0.39 is 15.9 Å².